The lowest BCUT2D eigenvalue weighted by molar-refractivity contribution is -0.143. The number of para-hydroxylation sites is 1. The number of Topliss-reactive ketones (excluding diaryl/α,β-unsaturated/α-hetero) is 1. The number of ketones is 1. The van der Waals surface area contributed by atoms with Gasteiger partial charge >= 0.3 is 5.97 Å². The second kappa shape index (κ2) is 7.53. The van der Waals surface area contributed by atoms with Crippen LogP contribution in [-0.4, -0.2) is 31.4 Å². The molecule has 1 unspecified atom stereocenters. The fourth-order valence-corrected chi connectivity index (χ4v) is 1.75. The Hall–Kier alpha value is -1.88. The lowest BCUT2D eigenvalue weighted by Gasteiger charge is -2.13. The van der Waals surface area contributed by atoms with Gasteiger partial charge in [-0.25, -0.2) is 0 Å². The molecule has 19 heavy (non-hydrogen) atoms. The first-order chi connectivity index (χ1) is 9.10. The fraction of sp³-hybridized carbons (Fsp3) is 0.429. The van der Waals surface area contributed by atoms with Crippen molar-refractivity contribution in [1.29, 1.82) is 0 Å². The molecule has 1 rings (SSSR count). The van der Waals surface area contributed by atoms with Gasteiger partial charge in [0, 0.05) is 24.7 Å². The molecule has 0 saturated heterocycles. The van der Waals surface area contributed by atoms with Crippen LogP contribution in [0.25, 0.3) is 0 Å². The monoisotopic (exact) mass is 264 g/mol. The second-order valence-electron chi connectivity index (χ2n) is 4.11. The molecule has 1 atom stereocenters. The Morgan fingerprint density at radius 1 is 1.37 bits per heavy atom. The number of benzene rings is 1. The number of ether oxygens (including phenoxy) is 1. The first-order valence-electron chi connectivity index (χ1n) is 6.32. The highest BCUT2D eigenvalue weighted by molar-refractivity contribution is 6.04. The van der Waals surface area contributed by atoms with Gasteiger partial charge < -0.3 is 15.8 Å². The van der Waals surface area contributed by atoms with E-state index in [2.05, 4.69) is 5.32 Å². The summed E-state index contributed by atoms with van der Waals surface area (Å²) in [4.78, 5) is 23.4. The molecule has 5 nitrogen and oxygen atoms in total. The highest BCUT2D eigenvalue weighted by Gasteiger charge is 2.19. The summed E-state index contributed by atoms with van der Waals surface area (Å²) in [5, 5.41) is 2.95. The minimum Gasteiger partial charge on any atom is -0.466 e. The van der Waals surface area contributed by atoms with Crippen LogP contribution in [0.3, 0.4) is 0 Å². The van der Waals surface area contributed by atoms with Gasteiger partial charge in [0.05, 0.1) is 12.6 Å². The Morgan fingerprint density at radius 3 is 2.68 bits per heavy atom. The van der Waals surface area contributed by atoms with Crippen molar-refractivity contribution in [2.75, 3.05) is 19.0 Å². The molecule has 0 aromatic heterocycles. The summed E-state index contributed by atoms with van der Waals surface area (Å²) in [6.07, 6.45) is 0.443. The zero-order chi connectivity index (χ0) is 14.3. The van der Waals surface area contributed by atoms with Gasteiger partial charge in [0.1, 0.15) is 0 Å². The van der Waals surface area contributed by atoms with Gasteiger partial charge in [-0.05, 0) is 25.5 Å². The molecule has 0 aliphatic carbocycles. The van der Waals surface area contributed by atoms with E-state index in [4.69, 9.17) is 10.5 Å². The smallest absolute Gasteiger partial charge is 0.305 e. The highest BCUT2D eigenvalue weighted by atomic mass is 16.5. The maximum absolute atomic E-state index is 12.2. The number of rotatable bonds is 7. The molecule has 0 heterocycles. The van der Waals surface area contributed by atoms with Crippen LogP contribution in [0, 0.1) is 0 Å². The normalized spacial score (nSPS) is 11.7. The van der Waals surface area contributed by atoms with Crippen molar-refractivity contribution in [1.82, 2.24) is 0 Å². The van der Waals surface area contributed by atoms with Gasteiger partial charge in [-0.1, -0.05) is 12.1 Å². The third-order valence-corrected chi connectivity index (χ3v) is 2.76. The molecule has 0 fully saturated rings. The molecular weight excluding hydrogens is 244 g/mol. The van der Waals surface area contributed by atoms with Gasteiger partial charge in [-0.2, -0.15) is 0 Å². The summed E-state index contributed by atoms with van der Waals surface area (Å²) in [5.74, 6) is -0.498. The SMILES string of the molecule is CCOC(=O)CCC(N)C(=O)c1ccccc1NC. The van der Waals surface area contributed by atoms with E-state index < -0.39 is 6.04 Å². The van der Waals surface area contributed by atoms with Crippen molar-refractivity contribution in [3.05, 3.63) is 29.8 Å². The quantitative estimate of drug-likeness (QED) is 0.577. The van der Waals surface area contributed by atoms with Gasteiger partial charge in [0.2, 0.25) is 0 Å². The van der Waals surface area contributed by atoms with E-state index in [-0.39, 0.29) is 24.6 Å². The largest absolute Gasteiger partial charge is 0.466 e. The summed E-state index contributed by atoms with van der Waals surface area (Å²) in [5.41, 5.74) is 7.11. The van der Waals surface area contributed by atoms with Crippen LogP contribution in [0.4, 0.5) is 5.69 Å². The lowest BCUT2D eigenvalue weighted by atomic mass is 9.99. The standard InChI is InChI=1S/C14H20N2O3/c1-3-19-13(17)9-8-11(15)14(18)10-6-4-5-7-12(10)16-2/h4-7,11,16H,3,8-9,15H2,1-2H3. The number of hydrogen-bond donors (Lipinski definition) is 2. The number of nitrogens with one attached hydrogen (secondary N) is 1. The first kappa shape index (κ1) is 15.2. The number of hydrogen-bond acceptors (Lipinski definition) is 5. The van der Waals surface area contributed by atoms with E-state index in [9.17, 15) is 9.59 Å². The molecular formula is C14H20N2O3. The van der Waals surface area contributed by atoms with Gasteiger partial charge in [-0.15, -0.1) is 0 Å². The minimum absolute atomic E-state index is 0.155. The topological polar surface area (TPSA) is 81.4 Å². The summed E-state index contributed by atoms with van der Waals surface area (Å²) < 4.78 is 4.80. The van der Waals surface area contributed by atoms with E-state index >= 15 is 0 Å². The molecule has 5 heteroatoms. The Kier molecular flexibility index (Phi) is 6.02. The second-order valence-corrected chi connectivity index (χ2v) is 4.11. The minimum atomic E-state index is -0.695. The van der Waals surface area contributed by atoms with Crippen LogP contribution < -0.4 is 11.1 Å². The van der Waals surface area contributed by atoms with Crippen LogP contribution in [0.5, 0.6) is 0 Å². The molecule has 0 aliphatic heterocycles. The van der Waals surface area contributed by atoms with E-state index in [0.29, 0.717) is 12.2 Å². The predicted molar refractivity (Wildman–Crippen MR) is 74.2 cm³/mol. The number of nitrogens with two attached hydrogens (primary N) is 1. The maximum Gasteiger partial charge on any atom is 0.305 e. The van der Waals surface area contributed by atoms with E-state index in [1.54, 1.807) is 26.1 Å². The van der Waals surface area contributed by atoms with Crippen molar-refractivity contribution in [3.63, 3.8) is 0 Å². The van der Waals surface area contributed by atoms with E-state index in [1.807, 2.05) is 12.1 Å². The van der Waals surface area contributed by atoms with Crippen LogP contribution >= 0.6 is 0 Å². The average molecular weight is 264 g/mol. The molecule has 0 saturated carbocycles. The Bertz CT molecular complexity index is 446. The van der Waals surface area contributed by atoms with E-state index in [1.165, 1.54) is 0 Å². The summed E-state index contributed by atoms with van der Waals surface area (Å²) in [6, 6.07) is 6.46. The molecule has 0 radical (unpaired) electrons. The average Bonchev–Trinajstić information content (AvgIpc) is 2.44. The molecule has 0 bridgehead atoms. The zero-order valence-corrected chi connectivity index (χ0v) is 11.3. The third-order valence-electron chi connectivity index (χ3n) is 2.76. The lowest BCUT2D eigenvalue weighted by Crippen LogP contribution is -2.31. The van der Waals surface area contributed by atoms with Crippen molar-refractivity contribution >= 4 is 17.4 Å². The zero-order valence-electron chi connectivity index (χ0n) is 11.3. The van der Waals surface area contributed by atoms with Crippen LogP contribution in [-0.2, 0) is 9.53 Å². The van der Waals surface area contributed by atoms with Gasteiger partial charge in [-0.3, -0.25) is 9.59 Å². The van der Waals surface area contributed by atoms with Crippen molar-refractivity contribution < 1.29 is 14.3 Å². The summed E-state index contributed by atoms with van der Waals surface area (Å²) in [6.45, 7) is 2.08. The molecule has 3 N–H and O–H groups in total. The summed E-state index contributed by atoms with van der Waals surface area (Å²) >= 11 is 0. The summed E-state index contributed by atoms with van der Waals surface area (Å²) in [7, 11) is 1.75. The fourth-order valence-electron chi connectivity index (χ4n) is 1.75. The van der Waals surface area contributed by atoms with Crippen LogP contribution in [0.15, 0.2) is 24.3 Å². The van der Waals surface area contributed by atoms with Crippen molar-refractivity contribution in [2.45, 2.75) is 25.8 Å². The number of carbonyl (C=O) groups excluding carboxylic acids is 2. The molecule has 1 aromatic carbocycles. The Balaban J connectivity index is 2.64. The Labute approximate surface area is 113 Å². The number of anilines is 1. The van der Waals surface area contributed by atoms with Crippen LogP contribution in [0.1, 0.15) is 30.1 Å². The maximum atomic E-state index is 12.2. The predicted octanol–water partition coefficient (Wildman–Crippen LogP) is 1.58. The van der Waals surface area contributed by atoms with Gasteiger partial charge in [0.15, 0.2) is 5.78 Å². The number of esters is 1. The molecule has 104 valence electrons. The third kappa shape index (κ3) is 4.37. The molecule has 0 aliphatic rings. The van der Waals surface area contributed by atoms with Gasteiger partial charge in [0.25, 0.3) is 0 Å². The highest BCUT2D eigenvalue weighted by Crippen LogP contribution is 2.17. The molecule has 0 spiro atoms. The van der Waals surface area contributed by atoms with E-state index in [0.717, 1.165) is 5.69 Å². The Morgan fingerprint density at radius 2 is 2.05 bits per heavy atom. The molecule has 0 amide bonds. The number of carbonyl (C=O) groups is 2. The molecule has 1 aromatic rings. The first-order valence-corrected chi connectivity index (χ1v) is 6.32. The van der Waals surface area contributed by atoms with Crippen LogP contribution in [0.2, 0.25) is 0 Å². The van der Waals surface area contributed by atoms with Crippen molar-refractivity contribution in [3.8, 4) is 0 Å². The van der Waals surface area contributed by atoms with Crippen molar-refractivity contribution in [2.24, 2.45) is 5.73 Å².